The number of carbonyl (C=O) groups is 1. The lowest BCUT2D eigenvalue weighted by molar-refractivity contribution is -0.379. The molecule has 3 aliphatic rings. The summed E-state index contributed by atoms with van der Waals surface area (Å²) >= 11 is 0. The van der Waals surface area contributed by atoms with Gasteiger partial charge in [0.25, 0.3) is 0 Å². The largest absolute Gasteiger partial charge is 0.394 e. The zero-order valence-electron chi connectivity index (χ0n) is 49.8. The van der Waals surface area contributed by atoms with Gasteiger partial charge in [0.05, 0.1) is 38.6 Å². The van der Waals surface area contributed by atoms with E-state index in [9.17, 15) is 61.0 Å². The Labute approximate surface area is 486 Å². The Hall–Kier alpha value is -1.73. The van der Waals surface area contributed by atoms with E-state index in [-0.39, 0.29) is 18.9 Å². The topological polar surface area (TPSA) is 307 Å². The second-order valence-electron chi connectivity index (χ2n) is 23.2. The minimum Gasteiger partial charge on any atom is -0.394 e. The average molecular weight is 1160 g/mol. The second-order valence-corrected chi connectivity index (χ2v) is 23.2. The summed E-state index contributed by atoms with van der Waals surface area (Å²) < 4.78 is 34.2. The van der Waals surface area contributed by atoms with Crippen molar-refractivity contribution in [3.8, 4) is 0 Å². The number of carbonyl (C=O) groups excluding carboxylic acids is 1. The standard InChI is InChI=1S/C62H115NO18/c1-3-5-7-9-11-13-15-16-17-18-19-20-21-22-23-24-25-26-27-28-29-30-31-33-35-37-39-46(67)45(63-50(68)40-38-36-34-32-14-12-10-8-6-4-2)44-76-60-56(74)53(71)58(48(42-65)78-60)81-62-57(75)54(72)59(49(43-66)79-62)80-61-55(73)52(70)51(69)47(41-64)77-61/h8,10,37,39,45-49,51-62,64-67,69-75H,3-7,9,11-36,38,40-44H2,1-2H3,(H,63,68)/b10-8-,39-37+. The van der Waals surface area contributed by atoms with Crippen molar-refractivity contribution >= 4 is 5.91 Å². The highest BCUT2D eigenvalue weighted by molar-refractivity contribution is 5.76. The minimum atomic E-state index is -1.98. The van der Waals surface area contributed by atoms with Gasteiger partial charge in [-0.3, -0.25) is 4.79 Å². The third-order valence-electron chi connectivity index (χ3n) is 16.2. The molecular weight excluding hydrogens is 1050 g/mol. The van der Waals surface area contributed by atoms with Gasteiger partial charge in [-0.1, -0.05) is 212 Å². The molecule has 0 spiro atoms. The first-order chi connectivity index (χ1) is 39.3. The van der Waals surface area contributed by atoms with Crippen molar-refractivity contribution in [1.82, 2.24) is 5.32 Å². The summed E-state index contributed by atoms with van der Waals surface area (Å²) in [5.41, 5.74) is 0. The van der Waals surface area contributed by atoms with Crippen LogP contribution in [-0.2, 0) is 33.2 Å². The maximum atomic E-state index is 13.3. The monoisotopic (exact) mass is 1160 g/mol. The van der Waals surface area contributed by atoms with Gasteiger partial charge in [0, 0.05) is 6.42 Å². The predicted molar refractivity (Wildman–Crippen MR) is 310 cm³/mol. The molecule has 3 fully saturated rings. The summed E-state index contributed by atoms with van der Waals surface area (Å²) in [6.45, 7) is 1.66. The summed E-state index contributed by atoms with van der Waals surface area (Å²) in [7, 11) is 0. The van der Waals surface area contributed by atoms with Crippen LogP contribution in [-0.4, -0.2) is 193 Å². The molecule has 3 heterocycles. The Morgan fingerprint density at radius 3 is 1.25 bits per heavy atom. The van der Waals surface area contributed by atoms with Gasteiger partial charge in [0.2, 0.25) is 5.91 Å². The third-order valence-corrected chi connectivity index (χ3v) is 16.2. The van der Waals surface area contributed by atoms with Gasteiger partial charge < -0.3 is 89.9 Å². The highest BCUT2D eigenvalue weighted by Crippen LogP contribution is 2.33. The Morgan fingerprint density at radius 1 is 0.432 bits per heavy atom. The molecule has 19 nitrogen and oxygen atoms in total. The summed E-state index contributed by atoms with van der Waals surface area (Å²) in [6, 6.07) is -0.974. The van der Waals surface area contributed by atoms with Crippen LogP contribution in [0.25, 0.3) is 0 Å². The molecule has 0 saturated carbocycles. The zero-order valence-corrected chi connectivity index (χ0v) is 49.8. The molecule has 3 aliphatic heterocycles. The highest BCUT2D eigenvalue weighted by atomic mass is 16.8. The number of aliphatic hydroxyl groups is 11. The van der Waals surface area contributed by atoms with E-state index < -0.39 is 124 Å². The Bertz CT molecular complexity index is 1580. The van der Waals surface area contributed by atoms with Gasteiger partial charge in [0.1, 0.15) is 73.2 Å². The molecule has 0 aliphatic carbocycles. The fraction of sp³-hybridized carbons (Fsp3) is 0.919. The maximum absolute atomic E-state index is 13.3. The van der Waals surface area contributed by atoms with E-state index in [0.717, 1.165) is 70.6 Å². The van der Waals surface area contributed by atoms with Crippen LogP contribution in [0.1, 0.15) is 232 Å². The van der Waals surface area contributed by atoms with Crippen LogP contribution in [0.5, 0.6) is 0 Å². The van der Waals surface area contributed by atoms with Gasteiger partial charge in [-0.05, 0) is 38.5 Å². The third kappa shape index (κ3) is 29.0. The van der Waals surface area contributed by atoms with Crippen molar-refractivity contribution in [2.24, 2.45) is 0 Å². The molecule has 12 N–H and O–H groups in total. The number of aliphatic hydroxyl groups excluding tert-OH is 11. The zero-order chi connectivity index (χ0) is 59.0. The van der Waals surface area contributed by atoms with Gasteiger partial charge in [-0.2, -0.15) is 0 Å². The molecule has 17 atom stereocenters. The van der Waals surface area contributed by atoms with Crippen molar-refractivity contribution in [3.05, 3.63) is 24.3 Å². The summed E-state index contributed by atoms with van der Waals surface area (Å²) in [5.74, 6) is -0.286. The number of hydrogen-bond acceptors (Lipinski definition) is 18. The molecule has 476 valence electrons. The van der Waals surface area contributed by atoms with E-state index >= 15 is 0 Å². The first-order valence-corrected chi connectivity index (χ1v) is 32.1. The number of nitrogens with one attached hydrogen (secondary N) is 1. The van der Waals surface area contributed by atoms with Gasteiger partial charge in [-0.25, -0.2) is 0 Å². The fourth-order valence-electron chi connectivity index (χ4n) is 11.0. The average Bonchev–Trinajstić information content (AvgIpc) is 3.48. The van der Waals surface area contributed by atoms with Crippen molar-refractivity contribution in [2.75, 3.05) is 26.4 Å². The minimum absolute atomic E-state index is 0.233. The van der Waals surface area contributed by atoms with E-state index in [1.165, 1.54) is 135 Å². The van der Waals surface area contributed by atoms with Gasteiger partial charge in [-0.15, -0.1) is 0 Å². The Kier molecular flexibility index (Phi) is 41.4. The molecule has 0 aromatic rings. The van der Waals surface area contributed by atoms with Crippen molar-refractivity contribution < 1.29 is 89.4 Å². The van der Waals surface area contributed by atoms with Crippen molar-refractivity contribution in [2.45, 2.75) is 336 Å². The van der Waals surface area contributed by atoms with Crippen LogP contribution < -0.4 is 5.32 Å². The first kappa shape index (κ1) is 73.5. The van der Waals surface area contributed by atoms with Crippen LogP contribution in [0.2, 0.25) is 0 Å². The highest BCUT2D eigenvalue weighted by Gasteiger charge is 2.53. The molecule has 0 aromatic carbocycles. The van der Waals surface area contributed by atoms with Gasteiger partial charge in [0.15, 0.2) is 18.9 Å². The van der Waals surface area contributed by atoms with E-state index in [2.05, 4.69) is 31.3 Å². The smallest absolute Gasteiger partial charge is 0.220 e. The van der Waals surface area contributed by atoms with Crippen LogP contribution in [0.15, 0.2) is 24.3 Å². The normalized spacial score (nSPS) is 29.9. The molecule has 3 rings (SSSR count). The fourth-order valence-corrected chi connectivity index (χ4v) is 11.0. The molecular formula is C62H115NO18. The van der Waals surface area contributed by atoms with E-state index in [4.69, 9.17) is 28.4 Å². The molecule has 81 heavy (non-hydrogen) atoms. The quantitative estimate of drug-likeness (QED) is 0.0222. The molecule has 0 bridgehead atoms. The second kappa shape index (κ2) is 45.6. The van der Waals surface area contributed by atoms with Crippen LogP contribution in [0, 0.1) is 0 Å². The number of rotatable bonds is 48. The number of unbranched alkanes of at least 4 members (excludes halogenated alkanes) is 30. The molecule has 3 saturated heterocycles. The Morgan fingerprint density at radius 2 is 0.802 bits per heavy atom. The lowest BCUT2D eigenvalue weighted by atomic mass is 9.96. The maximum Gasteiger partial charge on any atom is 0.220 e. The van der Waals surface area contributed by atoms with Crippen molar-refractivity contribution in [3.63, 3.8) is 0 Å². The number of ether oxygens (including phenoxy) is 6. The van der Waals surface area contributed by atoms with E-state index in [0.29, 0.717) is 6.42 Å². The lowest BCUT2D eigenvalue weighted by Crippen LogP contribution is -2.66. The Balaban J connectivity index is 1.42. The van der Waals surface area contributed by atoms with Crippen LogP contribution in [0.3, 0.4) is 0 Å². The first-order valence-electron chi connectivity index (χ1n) is 32.1. The molecule has 19 heteroatoms. The molecule has 17 unspecified atom stereocenters. The summed E-state index contributed by atoms with van der Waals surface area (Å²) in [6.07, 6.45) is 21.9. The van der Waals surface area contributed by atoms with Gasteiger partial charge >= 0.3 is 0 Å². The number of hydrogen-bond donors (Lipinski definition) is 12. The van der Waals surface area contributed by atoms with Crippen LogP contribution >= 0.6 is 0 Å². The predicted octanol–water partition coefficient (Wildman–Crippen LogP) is 6.71. The van der Waals surface area contributed by atoms with E-state index in [1.54, 1.807) is 6.08 Å². The summed E-state index contributed by atoms with van der Waals surface area (Å²) in [5, 5.41) is 120. The van der Waals surface area contributed by atoms with Crippen molar-refractivity contribution in [1.29, 1.82) is 0 Å². The number of allylic oxidation sites excluding steroid dienone is 3. The molecule has 0 aromatic heterocycles. The van der Waals surface area contributed by atoms with Crippen LogP contribution in [0.4, 0.5) is 0 Å². The SMILES string of the molecule is CCC/C=C\CCCCCCCC(=O)NC(COC1OC(CO)C(OC2OC(CO)C(OC3OC(CO)C(O)C(O)C3O)C(O)C2O)C(O)C1O)C(O)/C=C/CCCCCCCCCCCCCCCCCCCCCCCCCC. The summed E-state index contributed by atoms with van der Waals surface area (Å²) in [4.78, 5) is 13.3. The number of amides is 1. The molecule has 1 amide bonds. The molecule has 0 radical (unpaired) electrons. The lowest BCUT2D eigenvalue weighted by Gasteiger charge is -2.48. The van der Waals surface area contributed by atoms with E-state index in [1.807, 2.05) is 6.08 Å².